The van der Waals surface area contributed by atoms with Crippen LogP contribution in [-0.4, -0.2) is 32.8 Å². The number of fused-ring (bicyclic) bond motifs is 1. The Balaban J connectivity index is 2.07. The van der Waals surface area contributed by atoms with E-state index in [0.29, 0.717) is 13.0 Å². The molecule has 0 radical (unpaired) electrons. The van der Waals surface area contributed by atoms with Crippen LogP contribution in [0.15, 0.2) is 24.3 Å². The Hall–Kier alpha value is -1.39. The van der Waals surface area contributed by atoms with E-state index in [1.54, 1.807) is 0 Å². The average Bonchev–Trinajstić information content (AvgIpc) is 2.64. The minimum atomic E-state index is -0.422. The molecule has 0 aliphatic rings. The molecule has 0 saturated heterocycles. The molecule has 0 saturated carbocycles. The van der Waals surface area contributed by atoms with E-state index in [0.717, 1.165) is 16.9 Å². The Labute approximate surface area is 114 Å². The summed E-state index contributed by atoms with van der Waals surface area (Å²) >= 11 is 0. The summed E-state index contributed by atoms with van der Waals surface area (Å²) in [5, 5.41) is 13.4. The molecule has 19 heavy (non-hydrogen) atoms. The van der Waals surface area contributed by atoms with Gasteiger partial charge in [0.25, 0.3) is 0 Å². The molecule has 2 N–H and O–H groups in total. The second-order valence-corrected chi connectivity index (χ2v) is 6.06. The van der Waals surface area contributed by atoms with E-state index in [1.807, 2.05) is 31.3 Å². The van der Waals surface area contributed by atoms with Crippen molar-refractivity contribution in [2.45, 2.75) is 38.8 Å². The fourth-order valence-corrected chi connectivity index (χ4v) is 2.08. The van der Waals surface area contributed by atoms with Gasteiger partial charge in [0.2, 0.25) is 0 Å². The molecule has 1 unspecified atom stereocenters. The maximum atomic E-state index is 10.1. The molecule has 1 heterocycles. The number of aliphatic hydroxyl groups is 1. The van der Waals surface area contributed by atoms with Crippen LogP contribution in [0.2, 0.25) is 0 Å². The van der Waals surface area contributed by atoms with Crippen molar-refractivity contribution < 1.29 is 5.11 Å². The number of para-hydroxylation sites is 2. The number of nitrogens with zero attached hydrogens (tertiary/aromatic N) is 2. The van der Waals surface area contributed by atoms with Gasteiger partial charge in [0.05, 0.1) is 17.1 Å². The van der Waals surface area contributed by atoms with E-state index in [4.69, 9.17) is 0 Å². The summed E-state index contributed by atoms with van der Waals surface area (Å²) in [6, 6.07) is 8.03. The summed E-state index contributed by atoms with van der Waals surface area (Å²) in [7, 11) is 1.99. The standard InChI is InChI=1S/C15H23N3O/c1-15(2,3)16-10-11(19)9-14-17-12-7-5-6-8-13(12)18(14)4/h5-8,11,16,19H,9-10H2,1-4H3. The first kappa shape index (κ1) is 14.0. The molecule has 2 rings (SSSR count). The topological polar surface area (TPSA) is 50.1 Å². The van der Waals surface area contributed by atoms with E-state index in [-0.39, 0.29) is 5.54 Å². The highest BCUT2D eigenvalue weighted by Crippen LogP contribution is 2.15. The fraction of sp³-hybridized carbons (Fsp3) is 0.533. The zero-order chi connectivity index (χ0) is 14.0. The molecule has 0 aliphatic carbocycles. The summed E-state index contributed by atoms with van der Waals surface area (Å²) in [6.07, 6.45) is 0.142. The fourth-order valence-electron chi connectivity index (χ4n) is 2.08. The predicted octanol–water partition coefficient (Wildman–Crippen LogP) is 1.86. The smallest absolute Gasteiger partial charge is 0.112 e. The third kappa shape index (κ3) is 3.55. The van der Waals surface area contributed by atoms with Gasteiger partial charge in [-0.15, -0.1) is 0 Å². The second-order valence-electron chi connectivity index (χ2n) is 6.06. The second kappa shape index (κ2) is 5.31. The highest BCUT2D eigenvalue weighted by atomic mass is 16.3. The first-order valence-electron chi connectivity index (χ1n) is 6.70. The molecule has 104 valence electrons. The number of β-amino-alcohol motifs (C(OH)–C–C–N with tert-alkyl or cyclic N) is 1. The summed E-state index contributed by atoms with van der Waals surface area (Å²) in [5.74, 6) is 0.921. The lowest BCUT2D eigenvalue weighted by atomic mass is 10.1. The maximum Gasteiger partial charge on any atom is 0.112 e. The van der Waals surface area contributed by atoms with Crippen molar-refractivity contribution in [2.75, 3.05) is 6.54 Å². The van der Waals surface area contributed by atoms with Crippen LogP contribution in [0.1, 0.15) is 26.6 Å². The van der Waals surface area contributed by atoms with Crippen molar-refractivity contribution in [2.24, 2.45) is 7.05 Å². The molecule has 4 heteroatoms. The van der Waals surface area contributed by atoms with Crippen LogP contribution >= 0.6 is 0 Å². The number of hydrogen-bond acceptors (Lipinski definition) is 3. The summed E-state index contributed by atoms with van der Waals surface area (Å²) in [6.45, 7) is 6.85. The lowest BCUT2D eigenvalue weighted by Gasteiger charge is -2.22. The van der Waals surface area contributed by atoms with Crippen LogP contribution in [0.4, 0.5) is 0 Å². The number of aromatic nitrogens is 2. The number of nitrogens with one attached hydrogen (secondary N) is 1. The zero-order valence-electron chi connectivity index (χ0n) is 12.1. The number of aliphatic hydroxyl groups excluding tert-OH is 1. The van der Waals surface area contributed by atoms with Gasteiger partial charge >= 0.3 is 0 Å². The lowest BCUT2D eigenvalue weighted by molar-refractivity contribution is 0.158. The molecule has 1 atom stereocenters. The van der Waals surface area contributed by atoms with Crippen LogP contribution in [0.3, 0.4) is 0 Å². The number of hydrogen-bond donors (Lipinski definition) is 2. The highest BCUT2D eigenvalue weighted by Gasteiger charge is 2.15. The number of imidazole rings is 1. The molecule has 0 fully saturated rings. The number of aryl methyl sites for hydroxylation is 1. The Bertz CT molecular complexity index is 554. The van der Waals surface area contributed by atoms with Gasteiger partial charge in [0, 0.05) is 25.6 Å². The van der Waals surface area contributed by atoms with Crippen LogP contribution in [0, 0.1) is 0 Å². The molecule has 0 bridgehead atoms. The van der Waals surface area contributed by atoms with Gasteiger partial charge in [-0.3, -0.25) is 0 Å². The predicted molar refractivity (Wildman–Crippen MR) is 78.2 cm³/mol. The molecule has 2 aromatic rings. The molecular formula is C15H23N3O. The Morgan fingerprint density at radius 1 is 1.32 bits per heavy atom. The van der Waals surface area contributed by atoms with E-state index < -0.39 is 6.10 Å². The summed E-state index contributed by atoms with van der Waals surface area (Å²) in [5.41, 5.74) is 2.11. The number of benzene rings is 1. The largest absolute Gasteiger partial charge is 0.391 e. The Kier molecular flexibility index (Phi) is 3.92. The van der Waals surface area contributed by atoms with Crippen LogP contribution in [0.25, 0.3) is 11.0 Å². The van der Waals surface area contributed by atoms with Crippen LogP contribution in [-0.2, 0) is 13.5 Å². The monoisotopic (exact) mass is 261 g/mol. The van der Waals surface area contributed by atoms with E-state index >= 15 is 0 Å². The first-order chi connectivity index (χ1) is 8.87. The van der Waals surface area contributed by atoms with E-state index in [9.17, 15) is 5.11 Å². The minimum absolute atomic E-state index is 0.0212. The van der Waals surface area contributed by atoms with E-state index in [2.05, 4.69) is 35.6 Å². The van der Waals surface area contributed by atoms with Crippen molar-refractivity contribution >= 4 is 11.0 Å². The third-order valence-electron chi connectivity index (χ3n) is 3.17. The van der Waals surface area contributed by atoms with Gasteiger partial charge in [-0.1, -0.05) is 12.1 Å². The van der Waals surface area contributed by atoms with Crippen molar-refractivity contribution in [3.05, 3.63) is 30.1 Å². The molecule has 1 aromatic carbocycles. The Morgan fingerprint density at radius 3 is 2.63 bits per heavy atom. The van der Waals surface area contributed by atoms with Gasteiger partial charge in [-0.05, 0) is 32.9 Å². The number of rotatable bonds is 4. The molecule has 0 aliphatic heterocycles. The first-order valence-corrected chi connectivity index (χ1v) is 6.70. The van der Waals surface area contributed by atoms with Crippen molar-refractivity contribution in [3.63, 3.8) is 0 Å². The average molecular weight is 261 g/mol. The molecular weight excluding hydrogens is 238 g/mol. The third-order valence-corrected chi connectivity index (χ3v) is 3.17. The lowest BCUT2D eigenvalue weighted by Crippen LogP contribution is -2.41. The SMILES string of the molecule is Cn1c(CC(O)CNC(C)(C)C)nc2ccccc21. The van der Waals surface area contributed by atoms with Crippen molar-refractivity contribution in [1.29, 1.82) is 0 Å². The van der Waals surface area contributed by atoms with Gasteiger partial charge < -0.3 is 15.0 Å². The zero-order valence-corrected chi connectivity index (χ0v) is 12.1. The summed E-state index contributed by atoms with van der Waals surface area (Å²) in [4.78, 5) is 4.57. The maximum absolute atomic E-state index is 10.1. The summed E-state index contributed by atoms with van der Waals surface area (Å²) < 4.78 is 2.05. The van der Waals surface area contributed by atoms with Gasteiger partial charge in [0.1, 0.15) is 5.82 Å². The molecule has 0 amide bonds. The quantitative estimate of drug-likeness (QED) is 0.883. The Morgan fingerprint density at radius 2 is 2.00 bits per heavy atom. The van der Waals surface area contributed by atoms with E-state index in [1.165, 1.54) is 0 Å². The van der Waals surface area contributed by atoms with Gasteiger partial charge in [0.15, 0.2) is 0 Å². The van der Waals surface area contributed by atoms with Gasteiger partial charge in [-0.25, -0.2) is 4.98 Å². The molecule has 4 nitrogen and oxygen atoms in total. The minimum Gasteiger partial charge on any atom is -0.391 e. The van der Waals surface area contributed by atoms with Crippen LogP contribution in [0.5, 0.6) is 0 Å². The normalized spacial score (nSPS) is 13.9. The van der Waals surface area contributed by atoms with Crippen LogP contribution < -0.4 is 5.32 Å². The van der Waals surface area contributed by atoms with Crippen molar-refractivity contribution in [3.8, 4) is 0 Å². The molecule has 1 aromatic heterocycles. The highest BCUT2D eigenvalue weighted by molar-refractivity contribution is 5.75. The van der Waals surface area contributed by atoms with Gasteiger partial charge in [-0.2, -0.15) is 0 Å². The molecule has 0 spiro atoms. The van der Waals surface area contributed by atoms with Crippen molar-refractivity contribution in [1.82, 2.24) is 14.9 Å².